The number of thiocarbonyl (C=S) groups is 1. The van der Waals surface area contributed by atoms with Crippen LogP contribution in [0.2, 0.25) is 0 Å². The highest BCUT2D eigenvalue weighted by molar-refractivity contribution is 7.81. The van der Waals surface area contributed by atoms with E-state index < -0.39 is 0 Å². The zero-order chi connectivity index (χ0) is 17.8. The van der Waals surface area contributed by atoms with Crippen molar-refractivity contribution in [3.8, 4) is 5.75 Å². The van der Waals surface area contributed by atoms with Crippen LogP contribution in [-0.4, -0.2) is 18.1 Å². The molecule has 1 aliphatic rings. The van der Waals surface area contributed by atoms with Crippen LogP contribution in [0.1, 0.15) is 18.5 Å². The van der Waals surface area contributed by atoms with Crippen LogP contribution < -0.4 is 20.7 Å². The molecule has 2 aromatic rings. The first-order valence-electron chi connectivity index (χ1n) is 7.87. The molecular formula is C19H19N3O2S. The number of rotatable bonds is 4. The van der Waals surface area contributed by atoms with Crippen LogP contribution in [-0.2, 0) is 0 Å². The molecule has 6 heteroatoms. The van der Waals surface area contributed by atoms with E-state index in [-0.39, 0.29) is 12.1 Å². The van der Waals surface area contributed by atoms with Crippen LogP contribution in [0.25, 0.3) is 0 Å². The van der Waals surface area contributed by atoms with E-state index in [4.69, 9.17) is 17.0 Å². The Kier molecular flexibility index (Phi) is 5.00. The lowest BCUT2D eigenvalue weighted by molar-refractivity contribution is 0.239. The summed E-state index contributed by atoms with van der Waals surface area (Å²) in [4.78, 5) is 12.5. The minimum atomic E-state index is -0.330. The summed E-state index contributed by atoms with van der Waals surface area (Å²) in [7, 11) is 1.62. The van der Waals surface area contributed by atoms with Gasteiger partial charge >= 0.3 is 6.03 Å². The predicted octanol–water partition coefficient (Wildman–Crippen LogP) is 3.76. The van der Waals surface area contributed by atoms with Gasteiger partial charge in [0, 0.05) is 17.0 Å². The van der Waals surface area contributed by atoms with E-state index in [1.54, 1.807) is 7.11 Å². The first-order valence-corrected chi connectivity index (χ1v) is 8.28. The average Bonchev–Trinajstić information content (AvgIpc) is 2.62. The fourth-order valence-corrected chi connectivity index (χ4v) is 3.15. The number of benzene rings is 2. The first kappa shape index (κ1) is 17.0. The minimum Gasteiger partial charge on any atom is -0.497 e. The van der Waals surface area contributed by atoms with Crippen molar-refractivity contribution in [3.05, 3.63) is 71.4 Å². The molecule has 2 amide bonds. The number of para-hydroxylation sites is 1. The zero-order valence-electron chi connectivity index (χ0n) is 14.0. The Labute approximate surface area is 152 Å². The lowest BCUT2D eigenvalue weighted by Crippen LogP contribution is -2.45. The van der Waals surface area contributed by atoms with Crippen LogP contribution in [0.3, 0.4) is 0 Å². The highest BCUT2D eigenvalue weighted by Gasteiger charge is 2.29. The van der Waals surface area contributed by atoms with Gasteiger partial charge in [-0.25, -0.2) is 4.79 Å². The Morgan fingerprint density at radius 3 is 2.44 bits per heavy atom. The maximum atomic E-state index is 12.0. The maximum absolute atomic E-state index is 12.0. The molecule has 128 valence electrons. The number of ether oxygens (including phenoxy) is 1. The van der Waals surface area contributed by atoms with Crippen LogP contribution in [0.15, 0.2) is 65.9 Å². The second-order valence-electron chi connectivity index (χ2n) is 5.66. The van der Waals surface area contributed by atoms with E-state index in [0.717, 1.165) is 28.3 Å². The summed E-state index contributed by atoms with van der Waals surface area (Å²) in [6.45, 7) is 1.85. The lowest BCUT2D eigenvalue weighted by atomic mass is 9.95. The van der Waals surface area contributed by atoms with Crippen molar-refractivity contribution in [2.24, 2.45) is 0 Å². The Bertz CT molecular complexity index is 816. The number of nitrogens with one attached hydrogen (secondary N) is 3. The van der Waals surface area contributed by atoms with Crippen LogP contribution >= 0.6 is 12.2 Å². The van der Waals surface area contributed by atoms with Crippen LogP contribution in [0.5, 0.6) is 5.75 Å². The summed E-state index contributed by atoms with van der Waals surface area (Å²) in [5.74, 6) is 0.760. The monoisotopic (exact) mass is 353 g/mol. The molecular weight excluding hydrogens is 334 g/mol. The number of hydrogen-bond acceptors (Lipinski definition) is 3. The molecule has 5 nitrogen and oxygen atoms in total. The summed E-state index contributed by atoms with van der Waals surface area (Å²) in [5.41, 5.74) is 3.40. The molecule has 0 bridgehead atoms. The van der Waals surface area contributed by atoms with E-state index in [1.807, 2.05) is 61.5 Å². The van der Waals surface area contributed by atoms with Gasteiger partial charge in [-0.15, -0.1) is 0 Å². The number of methoxy groups -OCH3 is 1. The molecule has 25 heavy (non-hydrogen) atoms. The fraction of sp³-hybridized carbons (Fsp3) is 0.158. The molecule has 1 heterocycles. The smallest absolute Gasteiger partial charge is 0.319 e. The van der Waals surface area contributed by atoms with Gasteiger partial charge < -0.3 is 20.7 Å². The van der Waals surface area contributed by atoms with Crippen molar-refractivity contribution in [2.45, 2.75) is 13.0 Å². The molecule has 1 unspecified atom stereocenters. The van der Waals surface area contributed by atoms with Crippen molar-refractivity contribution >= 4 is 28.9 Å². The lowest BCUT2D eigenvalue weighted by Gasteiger charge is -2.30. The molecule has 3 N–H and O–H groups in total. The third-order valence-electron chi connectivity index (χ3n) is 3.99. The largest absolute Gasteiger partial charge is 0.497 e. The van der Waals surface area contributed by atoms with E-state index in [2.05, 4.69) is 16.0 Å². The van der Waals surface area contributed by atoms with E-state index in [1.165, 1.54) is 0 Å². The van der Waals surface area contributed by atoms with E-state index >= 15 is 0 Å². The highest BCUT2D eigenvalue weighted by Crippen LogP contribution is 2.29. The molecule has 1 atom stereocenters. The molecule has 1 aliphatic heterocycles. The zero-order valence-corrected chi connectivity index (χ0v) is 14.8. The molecule has 0 saturated heterocycles. The first-order chi connectivity index (χ1) is 12.1. The fourth-order valence-electron chi connectivity index (χ4n) is 2.76. The van der Waals surface area contributed by atoms with Gasteiger partial charge in [0.05, 0.1) is 13.2 Å². The van der Waals surface area contributed by atoms with Crippen molar-refractivity contribution < 1.29 is 9.53 Å². The maximum Gasteiger partial charge on any atom is 0.319 e. The van der Waals surface area contributed by atoms with Crippen LogP contribution in [0.4, 0.5) is 10.5 Å². The van der Waals surface area contributed by atoms with Gasteiger partial charge in [-0.2, -0.15) is 0 Å². The third kappa shape index (κ3) is 3.80. The number of carbonyl (C=O) groups excluding carboxylic acids is 1. The summed E-state index contributed by atoms with van der Waals surface area (Å²) in [6.07, 6.45) is 0. The number of carbonyl (C=O) groups is 1. The van der Waals surface area contributed by atoms with Gasteiger partial charge in [-0.05, 0) is 36.8 Å². The van der Waals surface area contributed by atoms with Crippen molar-refractivity contribution in [2.75, 3.05) is 12.4 Å². The van der Waals surface area contributed by atoms with E-state index in [9.17, 15) is 4.79 Å². The summed E-state index contributed by atoms with van der Waals surface area (Å²) in [5, 5.41) is 8.97. The Morgan fingerprint density at radius 1 is 1.12 bits per heavy atom. The number of hydrogen-bond donors (Lipinski definition) is 3. The number of amides is 2. The average molecular weight is 353 g/mol. The molecule has 0 aliphatic carbocycles. The number of urea groups is 1. The van der Waals surface area contributed by atoms with E-state index in [0.29, 0.717) is 4.99 Å². The third-order valence-corrected chi connectivity index (χ3v) is 4.32. The Hall–Kier alpha value is -2.86. The summed E-state index contributed by atoms with van der Waals surface area (Å²) < 4.78 is 5.20. The van der Waals surface area contributed by atoms with Gasteiger partial charge in [0.25, 0.3) is 0 Å². The Balaban J connectivity index is 1.93. The SMILES string of the molecule is COc1ccc(C2NC(=O)NC(C)=C2C(=S)Nc2ccccc2)cc1. The van der Waals surface area contributed by atoms with Gasteiger partial charge in [0.1, 0.15) is 10.7 Å². The topological polar surface area (TPSA) is 62.4 Å². The Morgan fingerprint density at radius 2 is 1.80 bits per heavy atom. The van der Waals surface area contributed by atoms with Gasteiger partial charge in [-0.1, -0.05) is 42.5 Å². The molecule has 3 rings (SSSR count). The highest BCUT2D eigenvalue weighted by atomic mass is 32.1. The number of allylic oxidation sites excluding steroid dienone is 1. The molecule has 0 aromatic heterocycles. The van der Waals surface area contributed by atoms with Crippen LogP contribution in [0, 0.1) is 0 Å². The van der Waals surface area contributed by atoms with Crippen molar-refractivity contribution in [1.82, 2.24) is 10.6 Å². The van der Waals surface area contributed by atoms with Gasteiger partial charge in [0.15, 0.2) is 0 Å². The van der Waals surface area contributed by atoms with Crippen molar-refractivity contribution in [3.63, 3.8) is 0 Å². The summed E-state index contributed by atoms with van der Waals surface area (Å²) in [6, 6.07) is 16.7. The number of anilines is 1. The molecule has 2 aromatic carbocycles. The predicted molar refractivity (Wildman–Crippen MR) is 103 cm³/mol. The molecule has 0 spiro atoms. The summed E-state index contributed by atoms with van der Waals surface area (Å²) >= 11 is 5.61. The molecule has 0 saturated carbocycles. The minimum absolute atomic E-state index is 0.246. The standard InChI is InChI=1S/C19H19N3O2S/c1-12-16(18(25)21-14-6-4-3-5-7-14)17(22-19(23)20-12)13-8-10-15(24-2)11-9-13/h3-11,17H,1-2H3,(H,21,25)(H2,20,22,23). The second kappa shape index (κ2) is 7.36. The van der Waals surface area contributed by atoms with Crippen molar-refractivity contribution in [1.29, 1.82) is 0 Å². The quantitative estimate of drug-likeness (QED) is 0.733. The van der Waals surface area contributed by atoms with Gasteiger partial charge in [-0.3, -0.25) is 0 Å². The molecule has 0 fully saturated rings. The molecule has 0 radical (unpaired) electrons. The normalized spacial score (nSPS) is 16.7. The van der Waals surface area contributed by atoms with Gasteiger partial charge in [0.2, 0.25) is 0 Å². The second-order valence-corrected chi connectivity index (χ2v) is 6.07.